The van der Waals surface area contributed by atoms with Gasteiger partial charge in [-0.15, -0.1) is 0 Å². The van der Waals surface area contributed by atoms with Crippen molar-refractivity contribution in [3.8, 4) is 0 Å². The molecule has 0 bridgehead atoms. The number of nitrogens with zero attached hydrogens (tertiary/aromatic N) is 4. The first kappa shape index (κ1) is 31.2. The van der Waals surface area contributed by atoms with Crippen LogP contribution in [0.5, 0.6) is 0 Å². The quantitative estimate of drug-likeness (QED) is 0.352. The van der Waals surface area contributed by atoms with E-state index in [0.717, 1.165) is 15.6 Å². The minimum absolute atomic E-state index is 0.00161. The van der Waals surface area contributed by atoms with Gasteiger partial charge >= 0.3 is 0 Å². The SMILES string of the molecule is CNS(=O)(=O)c1ccc(Cl)c(NC(=O)/C(=N\c2ccc(N(C)C)cc2C)C2=Nc3ccccc3S(=O)(=O)N2C(C)C)c1. The molecule has 0 fully saturated rings. The molecule has 0 spiro atoms. The van der Waals surface area contributed by atoms with Crippen LogP contribution in [0.3, 0.4) is 0 Å². The summed E-state index contributed by atoms with van der Waals surface area (Å²) < 4.78 is 55.6. The molecule has 1 aliphatic rings. The summed E-state index contributed by atoms with van der Waals surface area (Å²) in [5, 5.41) is 2.68. The molecule has 3 aromatic rings. The Morgan fingerprint density at radius 1 is 1.07 bits per heavy atom. The molecule has 14 heteroatoms. The molecule has 1 amide bonds. The smallest absolute Gasteiger partial charge is 0.278 e. The normalized spacial score (nSPS) is 14.8. The van der Waals surface area contributed by atoms with Crippen LogP contribution in [0.1, 0.15) is 19.4 Å². The second-order valence-corrected chi connectivity index (χ2v) is 14.0. The lowest BCUT2D eigenvalue weighted by molar-refractivity contribution is -0.110. The summed E-state index contributed by atoms with van der Waals surface area (Å²) in [6.45, 7) is 5.15. The third kappa shape index (κ3) is 6.04. The highest BCUT2D eigenvalue weighted by atomic mass is 35.5. The van der Waals surface area contributed by atoms with E-state index in [1.54, 1.807) is 38.1 Å². The Hall–Kier alpha value is -3.78. The van der Waals surface area contributed by atoms with Gasteiger partial charge in [0.2, 0.25) is 10.0 Å². The Balaban J connectivity index is 1.94. The van der Waals surface area contributed by atoms with Crippen LogP contribution in [0.4, 0.5) is 22.7 Å². The second-order valence-electron chi connectivity index (χ2n) is 9.93. The lowest BCUT2D eigenvalue weighted by Crippen LogP contribution is -2.49. The average molecular weight is 631 g/mol. The van der Waals surface area contributed by atoms with Gasteiger partial charge in [0.15, 0.2) is 11.5 Å². The van der Waals surface area contributed by atoms with Crippen molar-refractivity contribution in [1.82, 2.24) is 9.03 Å². The number of fused-ring (bicyclic) bond motifs is 1. The molecule has 1 heterocycles. The van der Waals surface area contributed by atoms with Crippen LogP contribution in [0.25, 0.3) is 0 Å². The fourth-order valence-corrected chi connectivity index (χ4v) is 6.93. The number of halogens is 1. The van der Waals surface area contributed by atoms with E-state index in [0.29, 0.717) is 5.69 Å². The highest BCUT2D eigenvalue weighted by Gasteiger charge is 2.40. The number of carbonyl (C=O) groups excluding carboxylic acids is 1. The molecule has 0 saturated carbocycles. The van der Waals surface area contributed by atoms with Crippen LogP contribution in [0, 0.1) is 6.92 Å². The number of hydrogen-bond acceptors (Lipinski definition) is 8. The van der Waals surface area contributed by atoms with Crippen molar-refractivity contribution < 1.29 is 21.6 Å². The van der Waals surface area contributed by atoms with E-state index in [-0.39, 0.29) is 37.7 Å². The molecular formula is C28H31ClN6O5S2. The number of hydrogen-bond donors (Lipinski definition) is 2. The fourth-order valence-electron chi connectivity index (χ4n) is 4.26. The van der Waals surface area contributed by atoms with Gasteiger partial charge in [-0.1, -0.05) is 23.7 Å². The summed E-state index contributed by atoms with van der Waals surface area (Å²) >= 11 is 6.34. The van der Waals surface area contributed by atoms with E-state index in [9.17, 15) is 21.6 Å². The van der Waals surface area contributed by atoms with Gasteiger partial charge in [-0.05, 0) is 81.9 Å². The summed E-state index contributed by atoms with van der Waals surface area (Å²) in [4.78, 5) is 25.0. The van der Waals surface area contributed by atoms with Crippen LogP contribution in [-0.2, 0) is 24.8 Å². The topological polar surface area (TPSA) is 141 Å². The zero-order valence-electron chi connectivity index (χ0n) is 23.9. The van der Waals surface area contributed by atoms with E-state index < -0.39 is 32.0 Å². The Morgan fingerprint density at radius 3 is 2.38 bits per heavy atom. The number of benzene rings is 3. The number of amidine groups is 1. The Labute approximate surface area is 251 Å². The van der Waals surface area contributed by atoms with E-state index in [1.807, 2.05) is 38.1 Å². The summed E-state index contributed by atoms with van der Waals surface area (Å²) in [5.41, 5.74) is 1.88. The molecule has 4 rings (SSSR count). The van der Waals surface area contributed by atoms with E-state index in [2.05, 4.69) is 20.0 Å². The molecule has 0 aliphatic carbocycles. The number of carbonyl (C=O) groups is 1. The first-order valence-corrected chi connectivity index (χ1v) is 16.1. The zero-order chi connectivity index (χ0) is 31.0. The Kier molecular flexibility index (Phi) is 8.78. The fraction of sp³-hybridized carbons (Fsp3) is 0.250. The molecule has 11 nitrogen and oxygen atoms in total. The number of aliphatic imine (C=N–C) groups is 2. The standard InChI is InChI=1S/C28H31ClN6O5S2/c1-17(2)35-27(32-23-9-7-8-10-25(23)42(35,39)40)26(31-22-14-11-19(34(5)6)15-18(22)3)28(36)33-24-16-20(12-13-21(24)29)41(37,38)30-4/h7-17,30H,1-6H3,(H,33,36)/b31-26-. The molecule has 0 unspecified atom stereocenters. The van der Waals surface area contributed by atoms with Crippen molar-refractivity contribution in [2.24, 2.45) is 9.98 Å². The van der Waals surface area contributed by atoms with Gasteiger partial charge in [-0.2, -0.15) is 0 Å². The monoisotopic (exact) mass is 630 g/mol. The number of aryl methyl sites for hydroxylation is 1. The maximum Gasteiger partial charge on any atom is 0.278 e. The van der Waals surface area contributed by atoms with Crippen molar-refractivity contribution in [3.05, 3.63) is 71.2 Å². The van der Waals surface area contributed by atoms with Gasteiger partial charge in [-0.3, -0.25) is 4.79 Å². The Bertz CT molecular complexity index is 1840. The summed E-state index contributed by atoms with van der Waals surface area (Å²) in [6, 6.07) is 14.9. The van der Waals surface area contributed by atoms with E-state index in [1.165, 1.54) is 31.3 Å². The van der Waals surface area contributed by atoms with Gasteiger partial charge in [0.05, 0.1) is 27.0 Å². The number of nitrogens with one attached hydrogen (secondary N) is 2. The van der Waals surface area contributed by atoms with E-state index >= 15 is 0 Å². The predicted octanol–water partition coefficient (Wildman–Crippen LogP) is 4.48. The van der Waals surface area contributed by atoms with Crippen LogP contribution >= 0.6 is 11.6 Å². The summed E-state index contributed by atoms with van der Waals surface area (Å²) in [5.74, 6) is -1.03. The first-order chi connectivity index (χ1) is 19.7. The van der Waals surface area contributed by atoms with Crippen LogP contribution in [0.15, 0.2) is 80.4 Å². The number of rotatable bonds is 8. The van der Waals surface area contributed by atoms with Crippen molar-refractivity contribution in [2.45, 2.75) is 36.6 Å². The van der Waals surface area contributed by atoms with Crippen LogP contribution in [-0.4, -0.2) is 65.8 Å². The minimum Gasteiger partial charge on any atom is -0.378 e. The molecule has 222 valence electrons. The highest BCUT2D eigenvalue weighted by Crippen LogP contribution is 2.35. The number of anilines is 2. The van der Waals surface area contributed by atoms with Gasteiger partial charge < -0.3 is 10.2 Å². The molecule has 3 aromatic carbocycles. The van der Waals surface area contributed by atoms with Gasteiger partial charge in [0, 0.05) is 25.8 Å². The molecule has 0 aromatic heterocycles. The summed E-state index contributed by atoms with van der Waals surface area (Å²) in [6.07, 6.45) is 0. The molecule has 42 heavy (non-hydrogen) atoms. The predicted molar refractivity (Wildman–Crippen MR) is 167 cm³/mol. The first-order valence-electron chi connectivity index (χ1n) is 12.8. The number of para-hydroxylation sites is 1. The zero-order valence-corrected chi connectivity index (χ0v) is 26.3. The Morgan fingerprint density at radius 2 is 1.76 bits per heavy atom. The maximum atomic E-state index is 14.0. The number of amides is 1. The van der Waals surface area contributed by atoms with E-state index in [4.69, 9.17) is 11.6 Å². The lowest BCUT2D eigenvalue weighted by atomic mass is 10.1. The van der Waals surface area contributed by atoms with Gasteiger partial charge in [0.25, 0.3) is 15.9 Å². The van der Waals surface area contributed by atoms with Crippen molar-refractivity contribution in [3.63, 3.8) is 0 Å². The molecule has 0 radical (unpaired) electrons. The molecule has 2 N–H and O–H groups in total. The third-order valence-electron chi connectivity index (χ3n) is 6.43. The van der Waals surface area contributed by atoms with Crippen molar-refractivity contribution >= 4 is 71.9 Å². The average Bonchev–Trinajstić information content (AvgIpc) is 2.92. The third-order valence-corrected chi connectivity index (χ3v) is 10.2. The number of sulfonamides is 2. The molecule has 0 saturated heterocycles. The van der Waals surface area contributed by atoms with Crippen molar-refractivity contribution in [2.75, 3.05) is 31.4 Å². The summed E-state index contributed by atoms with van der Waals surface area (Å²) in [7, 11) is -2.93. The largest absolute Gasteiger partial charge is 0.378 e. The van der Waals surface area contributed by atoms with Gasteiger partial charge in [0.1, 0.15) is 4.90 Å². The molecule has 0 atom stereocenters. The molecular weight excluding hydrogens is 600 g/mol. The minimum atomic E-state index is -4.12. The van der Waals surface area contributed by atoms with Crippen molar-refractivity contribution in [1.29, 1.82) is 0 Å². The van der Waals surface area contributed by atoms with Crippen LogP contribution in [0.2, 0.25) is 5.02 Å². The lowest BCUT2D eigenvalue weighted by Gasteiger charge is -2.33. The highest BCUT2D eigenvalue weighted by molar-refractivity contribution is 7.90. The molecule has 1 aliphatic heterocycles. The second kappa shape index (κ2) is 11.8. The van der Waals surface area contributed by atoms with Gasteiger partial charge in [-0.25, -0.2) is 35.8 Å². The van der Waals surface area contributed by atoms with Crippen LogP contribution < -0.4 is 14.9 Å². The maximum absolute atomic E-state index is 14.0.